The molecule has 0 radical (unpaired) electrons. The Bertz CT molecular complexity index is 2380. The van der Waals surface area contributed by atoms with Gasteiger partial charge in [0.1, 0.15) is 35.3 Å². The quantitative estimate of drug-likeness (QED) is 0.0901. The summed E-state index contributed by atoms with van der Waals surface area (Å²) in [6, 6.07) is 32.1. The Morgan fingerprint density at radius 3 is 1.11 bits per heavy atom. The van der Waals surface area contributed by atoms with Gasteiger partial charge in [-0.05, 0) is 119 Å². The number of carbonyl (C=O) groups excluding carboxylic acids is 2. The van der Waals surface area contributed by atoms with Gasteiger partial charge in [0.25, 0.3) is 0 Å². The van der Waals surface area contributed by atoms with E-state index in [0.29, 0.717) is 72.5 Å². The third-order valence-corrected chi connectivity index (χ3v) is 11.6. The van der Waals surface area contributed by atoms with Crippen LogP contribution in [0.1, 0.15) is 83.4 Å². The highest BCUT2D eigenvalue weighted by Gasteiger charge is 2.38. The van der Waals surface area contributed by atoms with E-state index in [0.717, 1.165) is 35.4 Å². The maximum atomic E-state index is 14.2. The lowest BCUT2D eigenvalue weighted by molar-refractivity contribution is -0.134. The van der Waals surface area contributed by atoms with Gasteiger partial charge in [-0.2, -0.15) is 0 Å². The Kier molecular flexibility index (Phi) is 15.8. The van der Waals surface area contributed by atoms with Crippen LogP contribution in [-0.4, -0.2) is 48.9 Å². The molecule has 8 nitrogen and oxygen atoms in total. The van der Waals surface area contributed by atoms with Crippen molar-refractivity contribution >= 4 is 11.8 Å². The van der Waals surface area contributed by atoms with Crippen LogP contribution in [0.15, 0.2) is 133 Å². The maximum absolute atomic E-state index is 14.2. The van der Waals surface area contributed by atoms with Crippen molar-refractivity contribution < 1.29 is 54.9 Å². The fourth-order valence-electron chi connectivity index (χ4n) is 8.22. The Labute approximate surface area is 379 Å². The molecule has 2 fully saturated rings. The number of rotatable bonds is 16. The number of amides is 2. The summed E-state index contributed by atoms with van der Waals surface area (Å²) in [5, 5.41) is 0. The van der Waals surface area contributed by atoms with Crippen molar-refractivity contribution in [2.24, 2.45) is 0 Å². The highest BCUT2D eigenvalue weighted by molar-refractivity contribution is 5.79. The number of ether oxygens (including phenoxy) is 4. The van der Waals surface area contributed by atoms with E-state index in [1.54, 1.807) is 72.6 Å². The summed E-state index contributed by atoms with van der Waals surface area (Å²) in [6.45, 7) is 1.31. The predicted octanol–water partition coefficient (Wildman–Crippen LogP) is 11.5. The lowest BCUT2D eigenvalue weighted by Crippen LogP contribution is -2.35. The predicted molar refractivity (Wildman–Crippen MR) is 234 cm³/mol. The number of halogens is 6. The standard InChI is InChI=1S/2C26H24F3NO3/c2*1-32-21-11-4-17(5-12-21)16-33-26(19-8-13-22(28)23(29)15-19)25(30-14-2-3-24(30)31)18-6-9-20(27)10-7-18/h2*4-13,15,25-26H,2-3,14,16H2,1H3/t25?,26-;25-,26?/m00/s1. The Balaban J connectivity index is 0.000000196. The summed E-state index contributed by atoms with van der Waals surface area (Å²) in [6.07, 6.45) is 0.518. The number of methoxy groups -OCH3 is 2. The van der Waals surface area contributed by atoms with Gasteiger partial charge < -0.3 is 28.7 Å². The van der Waals surface area contributed by atoms with E-state index >= 15 is 0 Å². The molecule has 2 amide bonds. The monoisotopic (exact) mass is 910 g/mol. The molecule has 66 heavy (non-hydrogen) atoms. The number of nitrogens with zero attached hydrogens (tertiary/aromatic N) is 2. The zero-order valence-corrected chi connectivity index (χ0v) is 36.3. The van der Waals surface area contributed by atoms with Gasteiger partial charge in [0.15, 0.2) is 23.3 Å². The van der Waals surface area contributed by atoms with Crippen LogP contribution in [0.5, 0.6) is 11.5 Å². The van der Waals surface area contributed by atoms with Crippen LogP contribution in [0.4, 0.5) is 26.3 Å². The van der Waals surface area contributed by atoms with Crippen molar-refractivity contribution in [1.82, 2.24) is 9.80 Å². The molecule has 0 bridgehead atoms. The molecule has 0 N–H and O–H groups in total. The molecule has 0 aliphatic carbocycles. The summed E-state index contributed by atoms with van der Waals surface area (Å²) in [4.78, 5) is 28.8. The van der Waals surface area contributed by atoms with Gasteiger partial charge in [-0.1, -0.05) is 60.7 Å². The third kappa shape index (κ3) is 11.6. The van der Waals surface area contributed by atoms with Crippen LogP contribution in [0.25, 0.3) is 0 Å². The molecule has 4 atom stereocenters. The van der Waals surface area contributed by atoms with Gasteiger partial charge in [-0.15, -0.1) is 0 Å². The first kappa shape index (κ1) is 47.3. The summed E-state index contributed by atoms with van der Waals surface area (Å²) >= 11 is 0. The second-order valence-electron chi connectivity index (χ2n) is 15.9. The first-order chi connectivity index (χ1) is 31.9. The van der Waals surface area contributed by atoms with Crippen molar-refractivity contribution in [3.8, 4) is 11.5 Å². The second-order valence-corrected chi connectivity index (χ2v) is 15.9. The molecule has 0 aromatic heterocycles. The molecule has 14 heteroatoms. The van der Waals surface area contributed by atoms with Crippen LogP contribution in [-0.2, 0) is 32.3 Å². The molecule has 2 aliphatic rings. The normalized spacial score (nSPS) is 15.5. The number of carbonyl (C=O) groups is 2. The van der Waals surface area contributed by atoms with Crippen molar-refractivity contribution in [3.05, 3.63) is 202 Å². The van der Waals surface area contributed by atoms with Crippen LogP contribution >= 0.6 is 0 Å². The maximum Gasteiger partial charge on any atom is 0.223 e. The third-order valence-electron chi connectivity index (χ3n) is 11.6. The molecule has 2 saturated heterocycles. The van der Waals surface area contributed by atoms with E-state index in [1.165, 1.54) is 36.4 Å². The lowest BCUT2D eigenvalue weighted by atomic mass is 9.94. The van der Waals surface area contributed by atoms with Crippen molar-refractivity contribution in [3.63, 3.8) is 0 Å². The van der Waals surface area contributed by atoms with E-state index in [2.05, 4.69) is 0 Å². The average molecular weight is 911 g/mol. The van der Waals surface area contributed by atoms with Gasteiger partial charge in [0.2, 0.25) is 11.8 Å². The van der Waals surface area contributed by atoms with Crippen LogP contribution in [0.3, 0.4) is 0 Å². The van der Waals surface area contributed by atoms with E-state index in [9.17, 15) is 35.9 Å². The van der Waals surface area contributed by atoms with Gasteiger partial charge >= 0.3 is 0 Å². The highest BCUT2D eigenvalue weighted by Crippen LogP contribution is 2.42. The average Bonchev–Trinajstić information content (AvgIpc) is 3.96. The molecule has 2 aliphatic heterocycles. The topological polar surface area (TPSA) is 77.5 Å². The minimum Gasteiger partial charge on any atom is -0.497 e. The lowest BCUT2D eigenvalue weighted by Gasteiger charge is -2.35. The molecule has 344 valence electrons. The molecule has 0 saturated carbocycles. The number of benzene rings is 6. The van der Waals surface area contributed by atoms with Crippen molar-refractivity contribution in [2.75, 3.05) is 27.3 Å². The summed E-state index contributed by atoms with van der Waals surface area (Å²) < 4.78 is 106. The molecule has 6 aromatic rings. The van der Waals surface area contributed by atoms with Gasteiger partial charge in [-0.25, -0.2) is 26.3 Å². The van der Waals surface area contributed by atoms with E-state index in [4.69, 9.17) is 18.9 Å². The zero-order valence-electron chi connectivity index (χ0n) is 36.3. The Morgan fingerprint density at radius 2 is 0.803 bits per heavy atom. The van der Waals surface area contributed by atoms with Crippen LogP contribution in [0, 0.1) is 34.9 Å². The number of hydrogen-bond donors (Lipinski definition) is 0. The minimum absolute atomic E-state index is 0.0649. The molecule has 2 unspecified atom stereocenters. The number of hydrogen-bond acceptors (Lipinski definition) is 6. The molecule has 0 spiro atoms. The van der Waals surface area contributed by atoms with Crippen molar-refractivity contribution in [1.29, 1.82) is 0 Å². The molecule has 2 heterocycles. The first-order valence-electron chi connectivity index (χ1n) is 21.4. The van der Waals surface area contributed by atoms with E-state index in [1.807, 2.05) is 24.3 Å². The van der Waals surface area contributed by atoms with Crippen LogP contribution in [0.2, 0.25) is 0 Å². The molecular weight excluding hydrogens is 863 g/mol. The smallest absolute Gasteiger partial charge is 0.223 e. The van der Waals surface area contributed by atoms with Crippen molar-refractivity contribution in [2.45, 2.75) is 63.2 Å². The fourth-order valence-corrected chi connectivity index (χ4v) is 8.22. The molecule has 8 rings (SSSR count). The van der Waals surface area contributed by atoms with Crippen LogP contribution < -0.4 is 9.47 Å². The Morgan fingerprint density at radius 1 is 0.455 bits per heavy atom. The Hall–Kier alpha value is -6.64. The minimum atomic E-state index is -1.00. The molecule has 6 aromatic carbocycles. The van der Waals surface area contributed by atoms with Gasteiger partial charge in [0, 0.05) is 25.9 Å². The van der Waals surface area contributed by atoms with E-state index < -0.39 is 59.2 Å². The largest absolute Gasteiger partial charge is 0.497 e. The van der Waals surface area contributed by atoms with Gasteiger partial charge in [-0.3, -0.25) is 9.59 Å². The van der Waals surface area contributed by atoms with Gasteiger partial charge in [0.05, 0.1) is 39.5 Å². The first-order valence-corrected chi connectivity index (χ1v) is 21.4. The SMILES string of the molecule is COc1ccc(COC(c2ccc(F)c(F)c2)[C@H](c2ccc(F)cc2)N2CCCC2=O)cc1.COc1ccc(CO[C@@H](c2ccc(F)c(F)c2)C(c2ccc(F)cc2)N2CCCC2=O)cc1. The summed E-state index contributed by atoms with van der Waals surface area (Å²) in [5.74, 6) is -3.50. The zero-order chi connectivity index (χ0) is 46.7. The molecular formula is C52H48F6N2O6. The highest BCUT2D eigenvalue weighted by atomic mass is 19.2. The van der Waals surface area contributed by atoms with E-state index in [-0.39, 0.29) is 25.0 Å². The fraction of sp³-hybridized carbons (Fsp3) is 0.269. The number of likely N-dealkylation sites (tertiary alicyclic amines) is 2. The summed E-state index contributed by atoms with van der Waals surface area (Å²) in [7, 11) is 3.15. The summed E-state index contributed by atoms with van der Waals surface area (Å²) in [5.41, 5.74) is 3.75. The second kappa shape index (κ2) is 22.0.